The highest BCUT2D eigenvalue weighted by atomic mass is 32.1. The minimum atomic E-state index is -0.00376. The largest absolute Gasteiger partial charge is 0.379 e. The third-order valence-electron chi connectivity index (χ3n) is 4.41. The first-order valence-corrected chi connectivity index (χ1v) is 10.3. The summed E-state index contributed by atoms with van der Waals surface area (Å²) in [6, 6.07) is 0. The molecule has 0 atom stereocenters. The molecule has 8 nitrogen and oxygen atoms in total. The highest BCUT2D eigenvalue weighted by Gasteiger charge is 2.12. The van der Waals surface area contributed by atoms with Gasteiger partial charge in [-0.25, -0.2) is 9.98 Å². The number of ether oxygens (including phenoxy) is 1. The lowest BCUT2D eigenvalue weighted by Crippen LogP contribution is -2.42. The lowest BCUT2D eigenvalue weighted by molar-refractivity contribution is -0.127. The number of nitrogens with one attached hydrogen (secondary N) is 1. The molecule has 0 saturated carbocycles. The molecule has 0 aromatic carbocycles. The zero-order chi connectivity index (χ0) is 19.5. The molecule has 0 aliphatic carbocycles. The van der Waals surface area contributed by atoms with Crippen molar-refractivity contribution in [2.24, 2.45) is 4.99 Å². The summed E-state index contributed by atoms with van der Waals surface area (Å²) in [4.78, 5) is 26.8. The molecule has 2 rings (SSSR count). The molecule has 1 aromatic rings. The molecule has 2 heterocycles. The molecule has 152 valence electrons. The fourth-order valence-electron chi connectivity index (χ4n) is 2.67. The van der Waals surface area contributed by atoms with Crippen molar-refractivity contribution in [2.45, 2.75) is 12.8 Å². The van der Waals surface area contributed by atoms with Crippen molar-refractivity contribution in [3.8, 4) is 0 Å². The van der Waals surface area contributed by atoms with Crippen LogP contribution in [-0.4, -0.2) is 105 Å². The van der Waals surface area contributed by atoms with Crippen molar-refractivity contribution in [2.75, 3.05) is 73.6 Å². The fraction of sp³-hybridized carbons (Fsp3) is 0.722. The Kier molecular flexibility index (Phi) is 9.51. The van der Waals surface area contributed by atoms with Crippen LogP contribution in [0, 0.1) is 0 Å². The van der Waals surface area contributed by atoms with E-state index in [4.69, 9.17) is 4.74 Å². The number of carbonyl (C=O) groups excluding carboxylic acids is 1. The van der Waals surface area contributed by atoms with Crippen LogP contribution in [0.1, 0.15) is 11.4 Å². The molecule has 0 bridgehead atoms. The van der Waals surface area contributed by atoms with Crippen LogP contribution in [0.3, 0.4) is 0 Å². The molecule has 1 aromatic heterocycles. The number of nitrogens with zero attached hydrogens (tertiary/aromatic N) is 5. The van der Waals surface area contributed by atoms with Gasteiger partial charge >= 0.3 is 0 Å². The number of amides is 1. The third-order valence-corrected chi connectivity index (χ3v) is 5.25. The Morgan fingerprint density at radius 1 is 1.37 bits per heavy atom. The van der Waals surface area contributed by atoms with Gasteiger partial charge in [-0.2, -0.15) is 0 Å². The number of guanidine groups is 1. The van der Waals surface area contributed by atoms with Crippen LogP contribution < -0.4 is 5.32 Å². The predicted molar refractivity (Wildman–Crippen MR) is 109 cm³/mol. The first-order chi connectivity index (χ1) is 13.1. The Morgan fingerprint density at radius 3 is 2.81 bits per heavy atom. The number of aromatic nitrogens is 1. The maximum absolute atomic E-state index is 11.9. The minimum absolute atomic E-state index is 0.00376. The van der Waals surface area contributed by atoms with Crippen molar-refractivity contribution >= 4 is 23.2 Å². The van der Waals surface area contributed by atoms with Gasteiger partial charge in [-0.05, 0) is 13.0 Å². The Morgan fingerprint density at radius 2 is 2.15 bits per heavy atom. The zero-order valence-electron chi connectivity index (χ0n) is 16.7. The van der Waals surface area contributed by atoms with Gasteiger partial charge in [0.2, 0.25) is 5.91 Å². The maximum Gasteiger partial charge on any atom is 0.243 e. The normalized spacial score (nSPS) is 15.6. The molecule has 9 heteroatoms. The molecule has 1 amide bonds. The SMILES string of the molecule is CN(C)C(=O)CN=C(NCCCN1CCOCC1)N(C)CCc1nccs1. The number of morpholine rings is 1. The van der Waals surface area contributed by atoms with E-state index in [0.717, 1.165) is 69.7 Å². The molecule has 0 unspecified atom stereocenters. The Hall–Kier alpha value is -1.71. The molecule has 27 heavy (non-hydrogen) atoms. The summed E-state index contributed by atoms with van der Waals surface area (Å²) in [5, 5.41) is 6.51. The molecule has 0 spiro atoms. The van der Waals surface area contributed by atoms with Crippen molar-refractivity contribution in [3.05, 3.63) is 16.6 Å². The number of hydrogen-bond acceptors (Lipinski definition) is 6. The summed E-state index contributed by atoms with van der Waals surface area (Å²) < 4.78 is 5.38. The second-order valence-electron chi connectivity index (χ2n) is 6.76. The molecule has 1 aliphatic rings. The summed E-state index contributed by atoms with van der Waals surface area (Å²) in [6.07, 6.45) is 3.72. The molecular weight excluding hydrogens is 364 g/mol. The van der Waals surface area contributed by atoms with Crippen molar-refractivity contribution in [3.63, 3.8) is 0 Å². The third kappa shape index (κ3) is 8.23. The van der Waals surface area contributed by atoms with Gasteiger partial charge in [0.15, 0.2) is 5.96 Å². The summed E-state index contributed by atoms with van der Waals surface area (Å²) in [5.41, 5.74) is 0. The van der Waals surface area contributed by atoms with Crippen LogP contribution in [0.25, 0.3) is 0 Å². The molecular formula is C18H32N6O2S. The van der Waals surface area contributed by atoms with E-state index in [9.17, 15) is 4.79 Å². The van der Waals surface area contributed by atoms with Crippen molar-refractivity contribution in [1.29, 1.82) is 0 Å². The number of likely N-dealkylation sites (N-methyl/N-ethyl adjacent to an activating group) is 2. The number of hydrogen-bond donors (Lipinski definition) is 1. The van der Waals surface area contributed by atoms with Gasteiger partial charge in [-0.3, -0.25) is 9.69 Å². The fourth-order valence-corrected chi connectivity index (χ4v) is 3.28. The number of aliphatic imine (C=N–C) groups is 1. The predicted octanol–water partition coefficient (Wildman–Crippen LogP) is 0.374. The standard InChI is InChI=1S/C18H32N6O2S/c1-22(2)17(25)15-21-18(23(3)9-5-16-19-7-14-27-16)20-6-4-8-24-10-12-26-13-11-24/h7,14H,4-6,8-13,15H2,1-3H3,(H,20,21). The Bertz CT molecular complexity index is 572. The second-order valence-corrected chi connectivity index (χ2v) is 7.74. The van der Waals surface area contributed by atoms with Crippen LogP contribution in [0.15, 0.2) is 16.6 Å². The first kappa shape index (κ1) is 21.6. The van der Waals surface area contributed by atoms with Gasteiger partial charge in [0, 0.05) is 65.3 Å². The van der Waals surface area contributed by atoms with E-state index >= 15 is 0 Å². The summed E-state index contributed by atoms with van der Waals surface area (Å²) in [7, 11) is 5.50. The second kappa shape index (κ2) is 11.9. The van der Waals surface area contributed by atoms with E-state index in [1.807, 2.05) is 18.6 Å². The van der Waals surface area contributed by atoms with E-state index in [2.05, 4.69) is 25.1 Å². The summed E-state index contributed by atoms with van der Waals surface area (Å²) in [5.74, 6) is 0.764. The van der Waals surface area contributed by atoms with Crippen molar-refractivity contribution in [1.82, 2.24) is 25.0 Å². The monoisotopic (exact) mass is 396 g/mol. The highest BCUT2D eigenvalue weighted by Crippen LogP contribution is 2.05. The van der Waals surface area contributed by atoms with E-state index < -0.39 is 0 Å². The average molecular weight is 397 g/mol. The number of thiazole rings is 1. The lowest BCUT2D eigenvalue weighted by Gasteiger charge is -2.27. The van der Waals surface area contributed by atoms with Gasteiger partial charge in [0.1, 0.15) is 6.54 Å². The molecule has 1 fully saturated rings. The van der Waals surface area contributed by atoms with E-state index in [0.29, 0.717) is 0 Å². The van der Waals surface area contributed by atoms with Crippen LogP contribution in [0.5, 0.6) is 0 Å². The Labute approximate surface area is 166 Å². The minimum Gasteiger partial charge on any atom is -0.379 e. The van der Waals surface area contributed by atoms with Crippen LogP contribution in [-0.2, 0) is 16.0 Å². The van der Waals surface area contributed by atoms with E-state index in [1.54, 1.807) is 30.3 Å². The van der Waals surface area contributed by atoms with E-state index in [-0.39, 0.29) is 12.5 Å². The summed E-state index contributed by atoms with van der Waals surface area (Å²) >= 11 is 1.66. The topological polar surface area (TPSA) is 73.3 Å². The maximum atomic E-state index is 11.9. The average Bonchev–Trinajstić information content (AvgIpc) is 3.19. The lowest BCUT2D eigenvalue weighted by atomic mass is 10.3. The van der Waals surface area contributed by atoms with Crippen LogP contribution in [0.2, 0.25) is 0 Å². The molecule has 1 N–H and O–H groups in total. The van der Waals surface area contributed by atoms with Gasteiger partial charge in [0.25, 0.3) is 0 Å². The molecule has 1 aliphatic heterocycles. The molecule has 0 radical (unpaired) electrons. The summed E-state index contributed by atoms with van der Waals surface area (Å²) in [6.45, 7) is 6.49. The van der Waals surface area contributed by atoms with Crippen LogP contribution >= 0.6 is 11.3 Å². The molecule has 1 saturated heterocycles. The van der Waals surface area contributed by atoms with Gasteiger partial charge in [0.05, 0.1) is 18.2 Å². The quantitative estimate of drug-likeness (QED) is 0.369. The number of carbonyl (C=O) groups is 1. The zero-order valence-corrected chi connectivity index (χ0v) is 17.5. The highest BCUT2D eigenvalue weighted by molar-refractivity contribution is 7.09. The van der Waals surface area contributed by atoms with Crippen LogP contribution in [0.4, 0.5) is 0 Å². The number of rotatable bonds is 9. The first-order valence-electron chi connectivity index (χ1n) is 9.44. The van der Waals surface area contributed by atoms with Gasteiger partial charge < -0.3 is 19.9 Å². The Balaban J connectivity index is 1.81. The van der Waals surface area contributed by atoms with Gasteiger partial charge in [-0.15, -0.1) is 11.3 Å². The van der Waals surface area contributed by atoms with Crippen molar-refractivity contribution < 1.29 is 9.53 Å². The van der Waals surface area contributed by atoms with Gasteiger partial charge in [-0.1, -0.05) is 0 Å². The smallest absolute Gasteiger partial charge is 0.243 e. The van der Waals surface area contributed by atoms with E-state index in [1.165, 1.54) is 0 Å².